The van der Waals surface area contributed by atoms with Gasteiger partial charge in [0.05, 0.1) is 17.9 Å². The number of thioether (sulfide) groups is 1. The number of aromatic nitrogens is 3. The Morgan fingerprint density at radius 1 is 1.22 bits per heavy atom. The smallest absolute Gasteiger partial charge is 0.229 e. The van der Waals surface area contributed by atoms with Gasteiger partial charge in [-0.25, -0.2) is 9.37 Å². The van der Waals surface area contributed by atoms with Gasteiger partial charge in [-0.3, -0.25) is 14.4 Å². The third-order valence-electron chi connectivity index (χ3n) is 4.71. The highest BCUT2D eigenvalue weighted by molar-refractivity contribution is 7.99. The highest BCUT2D eigenvalue weighted by Gasteiger charge is 2.21. The lowest BCUT2D eigenvalue weighted by atomic mass is 10.3. The largest absolute Gasteiger partial charge is 0.492 e. The molecule has 0 bridgehead atoms. The lowest BCUT2D eigenvalue weighted by molar-refractivity contribution is -0.118. The van der Waals surface area contributed by atoms with Gasteiger partial charge in [0.15, 0.2) is 5.13 Å². The number of nitrogens with zero attached hydrogens (tertiary/aromatic N) is 4. The van der Waals surface area contributed by atoms with Crippen LogP contribution in [0.15, 0.2) is 65.8 Å². The monoisotopic (exact) mass is 470 g/mol. The second-order valence-electron chi connectivity index (χ2n) is 6.90. The number of benzene rings is 2. The summed E-state index contributed by atoms with van der Waals surface area (Å²) in [6.07, 6.45) is 3.94. The molecule has 0 aliphatic rings. The van der Waals surface area contributed by atoms with Crippen LogP contribution in [-0.2, 0) is 11.3 Å². The molecule has 2 aromatic heterocycles. The Morgan fingerprint density at radius 2 is 2.06 bits per heavy atom. The Hall–Kier alpha value is -2.91. The zero-order valence-corrected chi connectivity index (χ0v) is 19.2. The third-order valence-corrected chi connectivity index (χ3v) is 6.77. The molecule has 9 heteroatoms. The number of rotatable bonds is 10. The maximum Gasteiger partial charge on any atom is 0.229 e. The fraction of sp³-hybridized carbons (Fsp3) is 0.261. The second-order valence-corrected chi connectivity index (χ2v) is 9.08. The first-order valence-corrected chi connectivity index (χ1v) is 12.1. The third kappa shape index (κ3) is 5.46. The Kier molecular flexibility index (Phi) is 7.39. The van der Waals surface area contributed by atoms with E-state index >= 15 is 0 Å². The molecule has 0 unspecified atom stereocenters. The average Bonchev–Trinajstić information content (AvgIpc) is 3.46. The number of hydrogen-bond acceptors (Lipinski definition) is 6. The zero-order valence-electron chi connectivity index (χ0n) is 17.6. The normalized spacial score (nSPS) is 11.1. The van der Waals surface area contributed by atoms with Crippen LogP contribution in [0.25, 0.3) is 10.2 Å². The van der Waals surface area contributed by atoms with Gasteiger partial charge in [-0.2, -0.15) is 5.10 Å². The van der Waals surface area contributed by atoms with Gasteiger partial charge in [-0.1, -0.05) is 17.4 Å². The van der Waals surface area contributed by atoms with Gasteiger partial charge in [0.1, 0.15) is 17.1 Å². The Bertz CT molecular complexity index is 1160. The van der Waals surface area contributed by atoms with E-state index in [2.05, 4.69) is 5.10 Å². The molecule has 32 heavy (non-hydrogen) atoms. The molecule has 0 fully saturated rings. The molecular weight excluding hydrogens is 447 g/mol. The molecule has 0 aliphatic carbocycles. The number of hydrogen-bond donors (Lipinski definition) is 0. The SMILES string of the molecule is CCOc1cccc2sc(N(CCn3cccn3)C(=O)CCSc3ccc(F)cc3)nc12. The summed E-state index contributed by atoms with van der Waals surface area (Å²) in [7, 11) is 0. The number of amides is 1. The lowest BCUT2D eigenvalue weighted by Crippen LogP contribution is -2.34. The van der Waals surface area contributed by atoms with E-state index in [9.17, 15) is 9.18 Å². The minimum atomic E-state index is -0.266. The minimum Gasteiger partial charge on any atom is -0.492 e. The van der Waals surface area contributed by atoms with E-state index in [1.807, 2.05) is 37.4 Å². The van der Waals surface area contributed by atoms with E-state index in [4.69, 9.17) is 9.72 Å². The first-order chi connectivity index (χ1) is 15.6. The van der Waals surface area contributed by atoms with Gasteiger partial charge in [0.25, 0.3) is 0 Å². The van der Waals surface area contributed by atoms with Crippen LogP contribution in [-0.4, -0.2) is 39.6 Å². The van der Waals surface area contributed by atoms with Crippen LogP contribution in [0.3, 0.4) is 0 Å². The molecule has 0 saturated heterocycles. The summed E-state index contributed by atoms with van der Waals surface area (Å²) in [6.45, 7) is 3.52. The number of fused-ring (bicyclic) bond motifs is 1. The molecule has 0 N–H and O–H groups in total. The summed E-state index contributed by atoms with van der Waals surface area (Å²) in [5.74, 6) is 1.04. The van der Waals surface area contributed by atoms with Crippen molar-refractivity contribution in [1.82, 2.24) is 14.8 Å². The van der Waals surface area contributed by atoms with Crippen molar-refractivity contribution in [3.8, 4) is 5.75 Å². The van der Waals surface area contributed by atoms with Crippen molar-refractivity contribution < 1.29 is 13.9 Å². The van der Waals surface area contributed by atoms with Gasteiger partial charge in [-0.05, 0) is 49.4 Å². The summed E-state index contributed by atoms with van der Waals surface area (Å²) >= 11 is 3.01. The van der Waals surface area contributed by atoms with Crippen LogP contribution in [0.4, 0.5) is 9.52 Å². The summed E-state index contributed by atoms with van der Waals surface area (Å²) in [4.78, 5) is 20.6. The van der Waals surface area contributed by atoms with Crippen LogP contribution in [0.5, 0.6) is 5.75 Å². The van der Waals surface area contributed by atoms with E-state index in [-0.39, 0.29) is 11.7 Å². The Balaban J connectivity index is 1.51. The molecule has 6 nitrogen and oxygen atoms in total. The number of ether oxygens (including phenoxy) is 1. The molecular formula is C23H23FN4O2S2. The number of carbonyl (C=O) groups is 1. The lowest BCUT2D eigenvalue weighted by Gasteiger charge is -2.20. The van der Waals surface area contributed by atoms with E-state index < -0.39 is 0 Å². The minimum absolute atomic E-state index is 0.0104. The molecule has 0 radical (unpaired) electrons. The average molecular weight is 471 g/mol. The Labute approximate surface area is 194 Å². The van der Waals surface area contributed by atoms with Crippen LogP contribution in [0.1, 0.15) is 13.3 Å². The molecule has 0 aliphatic heterocycles. The molecule has 4 rings (SSSR count). The predicted octanol–water partition coefficient (Wildman–Crippen LogP) is 5.25. The fourth-order valence-corrected chi connectivity index (χ4v) is 5.05. The number of anilines is 1. The molecule has 2 aromatic carbocycles. The van der Waals surface area contributed by atoms with Gasteiger partial charge in [0.2, 0.25) is 5.91 Å². The van der Waals surface area contributed by atoms with Crippen LogP contribution in [0.2, 0.25) is 0 Å². The molecule has 1 amide bonds. The van der Waals surface area contributed by atoms with E-state index in [0.29, 0.717) is 37.0 Å². The van der Waals surface area contributed by atoms with Gasteiger partial charge >= 0.3 is 0 Å². The highest BCUT2D eigenvalue weighted by atomic mass is 32.2. The van der Waals surface area contributed by atoms with Crippen LogP contribution in [0, 0.1) is 5.82 Å². The van der Waals surface area contributed by atoms with Crippen molar-refractivity contribution in [1.29, 1.82) is 0 Å². The summed E-state index contributed by atoms with van der Waals surface area (Å²) in [5.41, 5.74) is 0.770. The molecule has 2 heterocycles. The quantitative estimate of drug-likeness (QED) is 0.297. The molecule has 4 aromatic rings. The molecule has 166 valence electrons. The molecule has 0 saturated carbocycles. The van der Waals surface area contributed by atoms with Crippen molar-refractivity contribution in [3.63, 3.8) is 0 Å². The van der Waals surface area contributed by atoms with E-state index in [0.717, 1.165) is 20.9 Å². The highest BCUT2D eigenvalue weighted by Crippen LogP contribution is 2.34. The second kappa shape index (κ2) is 10.6. The number of thiazole rings is 1. The first kappa shape index (κ1) is 22.3. The van der Waals surface area contributed by atoms with E-state index in [1.165, 1.54) is 35.2 Å². The zero-order chi connectivity index (χ0) is 22.3. The Morgan fingerprint density at radius 3 is 2.81 bits per heavy atom. The molecule has 0 spiro atoms. The van der Waals surface area contributed by atoms with Crippen LogP contribution < -0.4 is 9.64 Å². The van der Waals surface area contributed by atoms with Crippen molar-refractivity contribution >= 4 is 44.4 Å². The molecule has 0 atom stereocenters. The van der Waals surface area contributed by atoms with Crippen molar-refractivity contribution in [3.05, 3.63) is 66.7 Å². The van der Waals surface area contributed by atoms with Crippen molar-refractivity contribution in [2.45, 2.75) is 24.8 Å². The number of carbonyl (C=O) groups excluding carboxylic acids is 1. The summed E-state index contributed by atoms with van der Waals surface area (Å²) in [6, 6.07) is 14.0. The van der Waals surface area contributed by atoms with E-state index in [1.54, 1.807) is 27.9 Å². The first-order valence-electron chi connectivity index (χ1n) is 10.3. The summed E-state index contributed by atoms with van der Waals surface area (Å²) in [5, 5.41) is 4.89. The summed E-state index contributed by atoms with van der Waals surface area (Å²) < 4.78 is 21.6. The predicted molar refractivity (Wildman–Crippen MR) is 127 cm³/mol. The standard InChI is InChI=1S/C23H23FN4O2S2/c1-2-30-19-5-3-6-20-22(19)26-23(32-20)28(15-14-27-13-4-12-25-27)21(29)11-16-31-18-9-7-17(24)8-10-18/h3-10,12-13H,2,11,14-16H2,1H3. The van der Waals surface area contributed by atoms with Crippen molar-refractivity contribution in [2.24, 2.45) is 0 Å². The van der Waals surface area contributed by atoms with Crippen molar-refractivity contribution in [2.75, 3.05) is 23.8 Å². The maximum atomic E-state index is 13.2. The van der Waals surface area contributed by atoms with Gasteiger partial charge in [0, 0.05) is 36.0 Å². The van der Waals surface area contributed by atoms with Crippen LogP contribution >= 0.6 is 23.1 Å². The van der Waals surface area contributed by atoms with Gasteiger partial charge in [-0.15, -0.1) is 11.8 Å². The number of halogens is 1. The fourth-order valence-electron chi connectivity index (χ4n) is 3.18. The van der Waals surface area contributed by atoms with Gasteiger partial charge < -0.3 is 4.74 Å². The number of para-hydroxylation sites is 1. The topological polar surface area (TPSA) is 60.2 Å². The maximum absolute atomic E-state index is 13.2.